The highest BCUT2D eigenvalue weighted by molar-refractivity contribution is 6.40. The smallest absolute Gasteiger partial charge is 0.379 e. The Morgan fingerprint density at radius 2 is 1.50 bits per heavy atom. The number of ketones is 1. The van der Waals surface area contributed by atoms with Crippen molar-refractivity contribution >= 4 is 22.5 Å². The zero-order chi connectivity index (χ0) is 21.1. The van der Waals surface area contributed by atoms with Gasteiger partial charge >= 0.3 is 5.97 Å². The summed E-state index contributed by atoms with van der Waals surface area (Å²) in [7, 11) is 0. The molecule has 0 aliphatic heterocycles. The lowest BCUT2D eigenvalue weighted by Crippen LogP contribution is -2.42. The molecule has 154 valence electrons. The van der Waals surface area contributed by atoms with Crippen LogP contribution < -0.4 is 0 Å². The zero-order valence-corrected chi connectivity index (χ0v) is 17.6. The van der Waals surface area contributed by atoms with E-state index in [4.69, 9.17) is 4.74 Å². The summed E-state index contributed by atoms with van der Waals surface area (Å²) in [6, 6.07) is 23.6. The SMILES string of the molecule is CC(C)(c1ccc2ccccc2c1)[C@@H]1CCCC[C@H]1OC(=O)C(=O)c1ccccc1. The Morgan fingerprint density at radius 3 is 2.27 bits per heavy atom. The summed E-state index contributed by atoms with van der Waals surface area (Å²) in [6.45, 7) is 4.46. The van der Waals surface area contributed by atoms with Gasteiger partial charge in [-0.2, -0.15) is 0 Å². The van der Waals surface area contributed by atoms with Gasteiger partial charge in [-0.3, -0.25) is 4.79 Å². The van der Waals surface area contributed by atoms with E-state index < -0.39 is 11.8 Å². The lowest BCUT2D eigenvalue weighted by Gasteiger charge is -2.42. The highest BCUT2D eigenvalue weighted by Crippen LogP contribution is 2.42. The molecule has 1 aliphatic rings. The monoisotopic (exact) mass is 400 g/mol. The van der Waals surface area contributed by atoms with Crippen LogP contribution in [0.25, 0.3) is 10.8 Å². The van der Waals surface area contributed by atoms with Gasteiger partial charge in [-0.15, -0.1) is 0 Å². The van der Waals surface area contributed by atoms with E-state index in [0.29, 0.717) is 5.56 Å². The van der Waals surface area contributed by atoms with Gasteiger partial charge in [0.1, 0.15) is 6.10 Å². The Hall–Kier alpha value is -2.94. The van der Waals surface area contributed by atoms with Gasteiger partial charge in [0.2, 0.25) is 0 Å². The van der Waals surface area contributed by atoms with Crippen LogP contribution in [0.1, 0.15) is 55.5 Å². The number of hydrogen-bond acceptors (Lipinski definition) is 3. The highest BCUT2D eigenvalue weighted by atomic mass is 16.5. The molecule has 0 radical (unpaired) electrons. The molecule has 0 unspecified atom stereocenters. The number of fused-ring (bicyclic) bond motifs is 1. The van der Waals surface area contributed by atoms with Crippen LogP contribution in [0.5, 0.6) is 0 Å². The number of carbonyl (C=O) groups excluding carboxylic acids is 2. The number of carbonyl (C=O) groups is 2. The molecular formula is C27H28O3. The molecule has 4 rings (SSSR count). The lowest BCUT2D eigenvalue weighted by molar-refractivity contribution is -0.149. The average Bonchev–Trinajstić information content (AvgIpc) is 2.79. The molecule has 0 bridgehead atoms. The van der Waals surface area contributed by atoms with E-state index in [-0.39, 0.29) is 17.4 Å². The maximum Gasteiger partial charge on any atom is 0.379 e. The Labute approximate surface area is 178 Å². The molecule has 3 heteroatoms. The van der Waals surface area contributed by atoms with Crippen LogP contribution in [0, 0.1) is 5.92 Å². The first-order valence-electron chi connectivity index (χ1n) is 10.8. The first kappa shape index (κ1) is 20.3. The van der Waals surface area contributed by atoms with Crippen LogP contribution in [0.3, 0.4) is 0 Å². The van der Waals surface area contributed by atoms with Crippen molar-refractivity contribution in [1.29, 1.82) is 0 Å². The van der Waals surface area contributed by atoms with Crippen LogP contribution in [0.4, 0.5) is 0 Å². The summed E-state index contributed by atoms with van der Waals surface area (Å²) in [4.78, 5) is 25.1. The van der Waals surface area contributed by atoms with Crippen molar-refractivity contribution in [2.75, 3.05) is 0 Å². The van der Waals surface area contributed by atoms with E-state index in [1.807, 2.05) is 12.1 Å². The van der Waals surface area contributed by atoms with E-state index in [1.54, 1.807) is 24.3 Å². The Bertz CT molecular complexity index is 1050. The second-order valence-corrected chi connectivity index (χ2v) is 8.81. The van der Waals surface area contributed by atoms with E-state index in [1.165, 1.54) is 16.3 Å². The molecule has 0 N–H and O–H groups in total. The van der Waals surface area contributed by atoms with Crippen molar-refractivity contribution in [3.05, 3.63) is 83.9 Å². The fourth-order valence-electron chi connectivity index (χ4n) is 4.77. The molecule has 30 heavy (non-hydrogen) atoms. The largest absolute Gasteiger partial charge is 0.456 e. The molecule has 0 spiro atoms. The number of hydrogen-bond donors (Lipinski definition) is 0. The normalized spacial score (nSPS) is 19.4. The Balaban J connectivity index is 1.57. The third-order valence-electron chi connectivity index (χ3n) is 6.60. The molecule has 3 aromatic carbocycles. The van der Waals surface area contributed by atoms with E-state index in [0.717, 1.165) is 25.7 Å². The maximum atomic E-state index is 12.6. The van der Waals surface area contributed by atoms with Crippen molar-refractivity contribution in [3.63, 3.8) is 0 Å². The number of rotatable bonds is 5. The van der Waals surface area contributed by atoms with Crippen molar-refractivity contribution in [1.82, 2.24) is 0 Å². The molecule has 3 aromatic rings. The van der Waals surface area contributed by atoms with Crippen LogP contribution in [0.2, 0.25) is 0 Å². The summed E-state index contributed by atoms with van der Waals surface area (Å²) in [5.41, 5.74) is 1.44. The molecule has 3 nitrogen and oxygen atoms in total. The number of esters is 1. The number of Topliss-reactive ketones (excluding diaryl/α,β-unsaturated/α-hetero) is 1. The minimum atomic E-state index is -0.743. The van der Waals surface area contributed by atoms with Crippen molar-refractivity contribution in [3.8, 4) is 0 Å². The topological polar surface area (TPSA) is 43.4 Å². The predicted molar refractivity (Wildman–Crippen MR) is 120 cm³/mol. The highest BCUT2D eigenvalue weighted by Gasteiger charge is 2.41. The van der Waals surface area contributed by atoms with Crippen LogP contribution in [-0.4, -0.2) is 17.9 Å². The maximum absolute atomic E-state index is 12.6. The van der Waals surface area contributed by atoms with Crippen molar-refractivity contribution in [2.24, 2.45) is 5.92 Å². The van der Waals surface area contributed by atoms with Crippen LogP contribution in [-0.2, 0) is 14.9 Å². The van der Waals surface area contributed by atoms with Gasteiger partial charge in [0.25, 0.3) is 5.78 Å². The van der Waals surface area contributed by atoms with Gasteiger partial charge in [0.05, 0.1) is 0 Å². The first-order chi connectivity index (χ1) is 14.5. The quantitative estimate of drug-likeness (QED) is 0.295. The van der Waals surface area contributed by atoms with Gasteiger partial charge in [-0.1, -0.05) is 93.1 Å². The molecule has 0 heterocycles. The van der Waals surface area contributed by atoms with Crippen molar-refractivity contribution in [2.45, 2.75) is 51.0 Å². The van der Waals surface area contributed by atoms with E-state index in [9.17, 15) is 9.59 Å². The molecule has 0 amide bonds. The summed E-state index contributed by atoms with van der Waals surface area (Å²) in [5, 5.41) is 2.43. The van der Waals surface area contributed by atoms with Crippen LogP contribution in [0.15, 0.2) is 72.8 Å². The van der Waals surface area contributed by atoms with Gasteiger partial charge in [0.15, 0.2) is 0 Å². The van der Waals surface area contributed by atoms with Gasteiger partial charge in [0, 0.05) is 11.5 Å². The molecule has 1 fully saturated rings. The second kappa shape index (κ2) is 8.43. The molecule has 1 saturated carbocycles. The van der Waals surface area contributed by atoms with Crippen molar-refractivity contribution < 1.29 is 14.3 Å². The first-order valence-corrected chi connectivity index (χ1v) is 10.8. The summed E-state index contributed by atoms with van der Waals surface area (Å²) in [6.07, 6.45) is 3.66. The summed E-state index contributed by atoms with van der Waals surface area (Å²) >= 11 is 0. The third-order valence-corrected chi connectivity index (χ3v) is 6.60. The minimum absolute atomic E-state index is 0.167. The molecular weight excluding hydrogens is 372 g/mol. The fraction of sp³-hybridized carbons (Fsp3) is 0.333. The molecule has 1 aliphatic carbocycles. The predicted octanol–water partition coefficient (Wildman–Crippen LogP) is 6.10. The minimum Gasteiger partial charge on any atom is -0.456 e. The fourth-order valence-corrected chi connectivity index (χ4v) is 4.77. The zero-order valence-electron chi connectivity index (χ0n) is 17.6. The lowest BCUT2D eigenvalue weighted by atomic mass is 9.66. The van der Waals surface area contributed by atoms with Crippen LogP contribution >= 0.6 is 0 Å². The standard InChI is InChI=1S/C27H28O3/c1-27(2,22-17-16-19-10-6-7-13-21(19)18-22)23-14-8-9-15-24(23)30-26(29)25(28)20-11-4-3-5-12-20/h3-7,10-13,16-18,23-24H,8-9,14-15H2,1-2H3/t23-,24-/m1/s1. The van der Waals surface area contributed by atoms with Gasteiger partial charge < -0.3 is 4.74 Å². The number of benzene rings is 3. The Kier molecular flexibility index (Phi) is 5.72. The molecule has 2 atom stereocenters. The molecule has 0 saturated heterocycles. The van der Waals surface area contributed by atoms with E-state index >= 15 is 0 Å². The third kappa shape index (κ3) is 4.02. The van der Waals surface area contributed by atoms with Gasteiger partial charge in [-0.05, 0) is 41.0 Å². The molecule has 0 aromatic heterocycles. The van der Waals surface area contributed by atoms with Gasteiger partial charge in [-0.25, -0.2) is 4.79 Å². The second-order valence-electron chi connectivity index (χ2n) is 8.81. The van der Waals surface area contributed by atoms with E-state index in [2.05, 4.69) is 50.2 Å². The average molecular weight is 401 g/mol. The summed E-state index contributed by atoms with van der Waals surface area (Å²) in [5.74, 6) is -1.14. The number of ether oxygens (including phenoxy) is 1. The Morgan fingerprint density at radius 1 is 0.833 bits per heavy atom. The summed E-state index contributed by atoms with van der Waals surface area (Å²) < 4.78 is 5.83.